The number of benzene rings is 1. The minimum absolute atomic E-state index is 0.0619. The van der Waals surface area contributed by atoms with Gasteiger partial charge in [0.05, 0.1) is 64.4 Å². The van der Waals surface area contributed by atoms with Crippen molar-refractivity contribution in [2.75, 3.05) is 66.0 Å². The number of carbonyl (C=O) groups excluding carboxylic acids is 1. The number of nitrogens with one attached hydrogen (secondary N) is 1. The predicted octanol–water partition coefficient (Wildman–Crippen LogP) is 1.98. The number of amides is 1. The van der Waals surface area contributed by atoms with Crippen LogP contribution in [0.1, 0.15) is 20.8 Å². The van der Waals surface area contributed by atoms with Crippen LogP contribution in [-0.4, -0.2) is 86.1 Å². The Labute approximate surface area is 190 Å². The lowest BCUT2D eigenvalue weighted by atomic mass is 10.2. The zero-order valence-corrected chi connectivity index (χ0v) is 19.9. The van der Waals surface area contributed by atoms with Gasteiger partial charge >= 0.3 is 6.09 Å². The second-order valence-electron chi connectivity index (χ2n) is 7.47. The van der Waals surface area contributed by atoms with E-state index in [1.54, 1.807) is 39.0 Å². The monoisotopic (exact) mass is 477 g/mol. The second-order valence-corrected chi connectivity index (χ2v) is 9.08. The van der Waals surface area contributed by atoms with Crippen molar-refractivity contribution >= 4 is 16.2 Å². The summed E-state index contributed by atoms with van der Waals surface area (Å²) >= 11 is 0. The molecule has 0 aromatic heterocycles. The topological polar surface area (TPSA) is 119 Å². The largest absolute Gasteiger partial charge is 0.444 e. The zero-order chi connectivity index (χ0) is 23.7. The van der Waals surface area contributed by atoms with E-state index in [0.717, 1.165) is 0 Å². The summed E-state index contributed by atoms with van der Waals surface area (Å²) in [5.74, 6) is 0. The van der Waals surface area contributed by atoms with Crippen LogP contribution < -0.4 is 5.32 Å². The van der Waals surface area contributed by atoms with Crippen LogP contribution in [0.25, 0.3) is 0 Å². The van der Waals surface area contributed by atoms with Gasteiger partial charge in [-0.2, -0.15) is 8.42 Å². The van der Waals surface area contributed by atoms with Gasteiger partial charge in [0.15, 0.2) is 0 Å². The fraction of sp³-hybridized carbons (Fsp3) is 0.667. The lowest BCUT2D eigenvalue weighted by Gasteiger charge is -2.19. The Morgan fingerprint density at radius 3 is 1.75 bits per heavy atom. The van der Waals surface area contributed by atoms with Crippen molar-refractivity contribution in [3.8, 4) is 0 Å². The number of rotatable bonds is 17. The molecule has 0 aliphatic carbocycles. The van der Waals surface area contributed by atoms with Gasteiger partial charge in [-0.05, 0) is 32.9 Å². The molecule has 11 heteroatoms. The maximum Gasteiger partial charge on any atom is 0.407 e. The molecule has 0 saturated heterocycles. The van der Waals surface area contributed by atoms with Crippen molar-refractivity contribution < 1.29 is 41.1 Å². The number of hydrogen-bond donors (Lipinski definition) is 1. The summed E-state index contributed by atoms with van der Waals surface area (Å²) in [5.41, 5.74) is -0.521. The van der Waals surface area contributed by atoms with E-state index in [9.17, 15) is 13.2 Å². The van der Waals surface area contributed by atoms with Crippen LogP contribution in [0, 0.1) is 0 Å². The fourth-order valence-corrected chi connectivity index (χ4v) is 3.07. The summed E-state index contributed by atoms with van der Waals surface area (Å²) in [6.07, 6.45) is -0.469. The third kappa shape index (κ3) is 15.1. The Balaban J connectivity index is 1.83. The molecule has 0 aliphatic rings. The van der Waals surface area contributed by atoms with Crippen LogP contribution in [0.3, 0.4) is 0 Å². The van der Waals surface area contributed by atoms with Crippen molar-refractivity contribution in [1.29, 1.82) is 0 Å². The van der Waals surface area contributed by atoms with E-state index in [4.69, 9.17) is 27.9 Å². The highest BCUT2D eigenvalue weighted by Gasteiger charge is 2.15. The summed E-state index contributed by atoms with van der Waals surface area (Å²) in [6, 6.07) is 7.95. The quantitative estimate of drug-likeness (QED) is 0.265. The van der Waals surface area contributed by atoms with Crippen LogP contribution in [-0.2, 0) is 38.0 Å². The van der Waals surface area contributed by atoms with Gasteiger partial charge in [-0.1, -0.05) is 18.2 Å². The molecule has 0 heterocycles. The summed E-state index contributed by atoms with van der Waals surface area (Å²) in [4.78, 5) is 11.5. The third-order valence-corrected chi connectivity index (χ3v) is 4.86. The van der Waals surface area contributed by atoms with Gasteiger partial charge in [0.2, 0.25) is 0 Å². The van der Waals surface area contributed by atoms with Crippen molar-refractivity contribution in [3.05, 3.63) is 30.3 Å². The van der Waals surface area contributed by atoms with E-state index >= 15 is 0 Å². The molecule has 1 rings (SSSR count). The van der Waals surface area contributed by atoms with E-state index in [-0.39, 0.29) is 18.1 Å². The standard InChI is InChI=1S/C21H35NO9S/c1-21(2,3)31-20(23)22-9-10-26-11-12-27-13-14-28-15-16-29-17-18-30-32(24,25)19-7-5-4-6-8-19/h4-8H,9-18H2,1-3H3,(H,22,23). The van der Waals surface area contributed by atoms with Crippen LogP contribution in [0.15, 0.2) is 35.2 Å². The second kappa shape index (κ2) is 15.9. The molecular weight excluding hydrogens is 442 g/mol. The molecule has 1 aromatic carbocycles. The lowest BCUT2D eigenvalue weighted by molar-refractivity contribution is -0.00437. The average molecular weight is 478 g/mol. The Hall–Kier alpha value is -1.76. The summed E-state index contributed by atoms with van der Waals surface area (Å²) in [6.45, 7) is 8.54. The predicted molar refractivity (Wildman–Crippen MR) is 117 cm³/mol. The molecule has 1 aromatic rings. The maximum atomic E-state index is 11.9. The van der Waals surface area contributed by atoms with E-state index in [1.807, 2.05) is 0 Å². The molecule has 0 bridgehead atoms. The van der Waals surface area contributed by atoms with Gasteiger partial charge in [0.1, 0.15) is 5.60 Å². The van der Waals surface area contributed by atoms with E-state index < -0.39 is 21.8 Å². The normalized spacial score (nSPS) is 12.0. The molecule has 1 amide bonds. The Bertz CT molecular complexity index is 721. The first-order valence-corrected chi connectivity index (χ1v) is 11.8. The average Bonchev–Trinajstić information content (AvgIpc) is 2.72. The Morgan fingerprint density at radius 2 is 1.25 bits per heavy atom. The minimum atomic E-state index is -3.75. The molecular formula is C21H35NO9S. The SMILES string of the molecule is CC(C)(C)OC(=O)NCCOCCOCCOCCOCCOS(=O)(=O)c1ccccc1. The Morgan fingerprint density at radius 1 is 0.781 bits per heavy atom. The van der Waals surface area contributed by atoms with Crippen molar-refractivity contribution in [3.63, 3.8) is 0 Å². The molecule has 0 atom stereocenters. The van der Waals surface area contributed by atoms with Crippen molar-refractivity contribution in [1.82, 2.24) is 5.32 Å². The summed E-state index contributed by atoms with van der Waals surface area (Å²) in [7, 11) is -3.75. The lowest BCUT2D eigenvalue weighted by Crippen LogP contribution is -2.34. The highest BCUT2D eigenvalue weighted by Crippen LogP contribution is 2.10. The minimum Gasteiger partial charge on any atom is -0.444 e. The summed E-state index contributed by atoms with van der Waals surface area (Å²) < 4.78 is 55.1. The molecule has 32 heavy (non-hydrogen) atoms. The number of ether oxygens (including phenoxy) is 5. The maximum absolute atomic E-state index is 11.9. The van der Waals surface area contributed by atoms with Crippen molar-refractivity contribution in [2.45, 2.75) is 31.3 Å². The smallest absolute Gasteiger partial charge is 0.407 e. The van der Waals surface area contributed by atoms with Crippen molar-refractivity contribution in [2.24, 2.45) is 0 Å². The van der Waals surface area contributed by atoms with Gasteiger partial charge in [0.25, 0.3) is 10.1 Å². The first kappa shape index (κ1) is 28.3. The highest BCUT2D eigenvalue weighted by atomic mass is 32.2. The molecule has 1 N–H and O–H groups in total. The van der Waals surface area contributed by atoms with Gasteiger partial charge in [-0.25, -0.2) is 4.79 Å². The molecule has 0 aliphatic heterocycles. The molecule has 10 nitrogen and oxygen atoms in total. The number of alkyl carbamates (subject to hydrolysis) is 1. The van der Waals surface area contributed by atoms with Gasteiger partial charge in [0, 0.05) is 6.54 Å². The first-order chi connectivity index (χ1) is 15.2. The molecule has 0 fully saturated rings. The van der Waals surface area contributed by atoms with E-state index in [1.165, 1.54) is 12.1 Å². The number of carbonyl (C=O) groups is 1. The molecule has 0 unspecified atom stereocenters. The molecule has 184 valence electrons. The van der Waals surface area contributed by atoms with Gasteiger partial charge in [-0.3, -0.25) is 4.18 Å². The van der Waals surface area contributed by atoms with Gasteiger partial charge in [-0.15, -0.1) is 0 Å². The molecule has 0 radical (unpaired) electrons. The molecule has 0 spiro atoms. The van der Waals surface area contributed by atoms with Crippen LogP contribution in [0.2, 0.25) is 0 Å². The summed E-state index contributed by atoms with van der Waals surface area (Å²) in [5, 5.41) is 2.60. The molecule has 0 saturated carbocycles. The third-order valence-electron chi connectivity index (χ3n) is 3.53. The van der Waals surface area contributed by atoms with Crippen LogP contribution >= 0.6 is 0 Å². The van der Waals surface area contributed by atoms with Crippen LogP contribution in [0.5, 0.6) is 0 Å². The van der Waals surface area contributed by atoms with E-state index in [2.05, 4.69) is 5.32 Å². The van der Waals surface area contributed by atoms with Gasteiger partial charge < -0.3 is 29.0 Å². The van der Waals surface area contributed by atoms with Crippen LogP contribution in [0.4, 0.5) is 4.79 Å². The van der Waals surface area contributed by atoms with E-state index in [0.29, 0.717) is 52.8 Å². The Kier molecular flexibility index (Phi) is 14.1. The first-order valence-electron chi connectivity index (χ1n) is 10.4. The zero-order valence-electron chi connectivity index (χ0n) is 19.0. The fourth-order valence-electron chi connectivity index (χ4n) is 2.16. The highest BCUT2D eigenvalue weighted by molar-refractivity contribution is 7.86. The number of hydrogen-bond acceptors (Lipinski definition) is 9.